The van der Waals surface area contributed by atoms with Gasteiger partial charge in [0.25, 0.3) is 0 Å². The number of nitrogens with one attached hydrogen (secondary N) is 1. The van der Waals surface area contributed by atoms with E-state index < -0.39 is 12.1 Å². The molecule has 1 aromatic carbocycles. The van der Waals surface area contributed by atoms with E-state index in [9.17, 15) is 14.3 Å². The molecule has 7 nitrogen and oxygen atoms in total. The monoisotopic (exact) mass is 348 g/mol. The number of aliphatic hydroxyl groups excluding tert-OH is 1. The fourth-order valence-electron chi connectivity index (χ4n) is 2.73. The summed E-state index contributed by atoms with van der Waals surface area (Å²) in [6.07, 6.45) is 0.241. The van der Waals surface area contributed by atoms with Gasteiger partial charge in [-0.3, -0.25) is 0 Å². The molecule has 1 saturated heterocycles. The van der Waals surface area contributed by atoms with E-state index in [2.05, 4.69) is 15.5 Å². The van der Waals surface area contributed by atoms with Crippen LogP contribution < -0.4 is 5.32 Å². The number of aromatic nitrogens is 2. The number of carbonyl (C=O) groups is 1. The number of benzene rings is 1. The quantitative estimate of drug-likeness (QED) is 0.888. The molecule has 2 aromatic rings. The maximum Gasteiger partial charge on any atom is 0.318 e. The second-order valence-corrected chi connectivity index (χ2v) is 6.42. The summed E-state index contributed by atoms with van der Waals surface area (Å²) in [7, 11) is 0. The fourth-order valence-corrected chi connectivity index (χ4v) is 2.73. The highest BCUT2D eigenvalue weighted by Crippen LogP contribution is 2.21. The van der Waals surface area contributed by atoms with Gasteiger partial charge in [0.2, 0.25) is 11.7 Å². The molecule has 0 bridgehead atoms. The lowest BCUT2D eigenvalue weighted by atomic mass is 9.96. The summed E-state index contributed by atoms with van der Waals surface area (Å²) in [6.45, 7) is 4.59. The van der Waals surface area contributed by atoms with Crippen LogP contribution in [-0.2, 0) is 0 Å². The molecule has 2 amide bonds. The normalized spacial score (nSPS) is 21.8. The first-order valence-corrected chi connectivity index (χ1v) is 8.27. The molecule has 3 atom stereocenters. The molecule has 3 unspecified atom stereocenters. The summed E-state index contributed by atoms with van der Waals surface area (Å²) in [5.41, 5.74) is 0.502. The van der Waals surface area contributed by atoms with Gasteiger partial charge in [0.1, 0.15) is 11.9 Å². The number of piperidine rings is 1. The highest BCUT2D eigenvalue weighted by Gasteiger charge is 2.28. The Kier molecular flexibility index (Phi) is 4.98. The first-order valence-electron chi connectivity index (χ1n) is 8.27. The van der Waals surface area contributed by atoms with Crippen LogP contribution in [0.1, 0.15) is 32.2 Å². The average Bonchev–Trinajstić information content (AvgIpc) is 3.07. The highest BCUT2D eigenvalue weighted by molar-refractivity contribution is 5.74. The SMILES string of the molecule is CC(NC(=O)N1CCC(C)C(O)C1)c1nc(-c2cccc(F)c2)no1. The minimum atomic E-state index is -0.516. The van der Waals surface area contributed by atoms with Crippen molar-refractivity contribution in [3.05, 3.63) is 36.0 Å². The molecule has 1 fully saturated rings. The van der Waals surface area contributed by atoms with E-state index in [1.165, 1.54) is 12.1 Å². The number of nitrogens with zero attached hydrogens (tertiary/aromatic N) is 3. The number of rotatable bonds is 3. The minimum absolute atomic E-state index is 0.186. The molecule has 0 saturated carbocycles. The van der Waals surface area contributed by atoms with Crippen LogP contribution >= 0.6 is 0 Å². The van der Waals surface area contributed by atoms with Gasteiger partial charge in [-0.1, -0.05) is 24.2 Å². The van der Waals surface area contributed by atoms with Gasteiger partial charge in [0.05, 0.1) is 6.10 Å². The van der Waals surface area contributed by atoms with Gasteiger partial charge in [0.15, 0.2) is 0 Å². The smallest absolute Gasteiger partial charge is 0.318 e. The van der Waals surface area contributed by atoms with Gasteiger partial charge in [-0.05, 0) is 31.4 Å². The van der Waals surface area contributed by atoms with Crippen LogP contribution in [0, 0.1) is 11.7 Å². The van der Waals surface area contributed by atoms with Crippen LogP contribution in [-0.4, -0.2) is 45.4 Å². The number of hydrogen-bond acceptors (Lipinski definition) is 5. The van der Waals surface area contributed by atoms with Crippen LogP contribution in [0.2, 0.25) is 0 Å². The Bertz CT molecular complexity index is 751. The third-order valence-corrected chi connectivity index (χ3v) is 4.44. The van der Waals surface area contributed by atoms with E-state index in [1.54, 1.807) is 24.0 Å². The molecule has 3 rings (SSSR count). The lowest BCUT2D eigenvalue weighted by Gasteiger charge is -2.34. The Morgan fingerprint density at radius 2 is 2.32 bits per heavy atom. The van der Waals surface area contributed by atoms with E-state index >= 15 is 0 Å². The van der Waals surface area contributed by atoms with Crippen molar-refractivity contribution in [3.8, 4) is 11.4 Å². The summed E-state index contributed by atoms with van der Waals surface area (Å²) in [6, 6.07) is 5.10. The van der Waals surface area contributed by atoms with Crippen molar-refractivity contribution >= 4 is 6.03 Å². The van der Waals surface area contributed by atoms with Crippen molar-refractivity contribution in [1.82, 2.24) is 20.4 Å². The van der Waals surface area contributed by atoms with Crippen LogP contribution in [0.3, 0.4) is 0 Å². The van der Waals surface area contributed by atoms with Crippen molar-refractivity contribution in [2.75, 3.05) is 13.1 Å². The van der Waals surface area contributed by atoms with Crippen LogP contribution in [0.5, 0.6) is 0 Å². The Morgan fingerprint density at radius 1 is 1.52 bits per heavy atom. The predicted octanol–water partition coefficient (Wildman–Crippen LogP) is 2.35. The van der Waals surface area contributed by atoms with Crippen molar-refractivity contribution in [2.45, 2.75) is 32.4 Å². The molecule has 1 aliphatic rings. The van der Waals surface area contributed by atoms with Crippen molar-refractivity contribution in [2.24, 2.45) is 5.92 Å². The predicted molar refractivity (Wildman–Crippen MR) is 88.0 cm³/mol. The zero-order valence-corrected chi connectivity index (χ0v) is 14.1. The maximum absolute atomic E-state index is 13.3. The third-order valence-electron chi connectivity index (χ3n) is 4.44. The standard InChI is InChI=1S/C17H21FN4O3/c1-10-6-7-22(9-14(10)23)17(24)19-11(2)16-20-15(21-25-16)12-4-3-5-13(18)8-12/h3-5,8,10-11,14,23H,6-7,9H2,1-2H3,(H,19,24). The summed E-state index contributed by atoms with van der Waals surface area (Å²) >= 11 is 0. The Hall–Kier alpha value is -2.48. The second-order valence-electron chi connectivity index (χ2n) is 6.42. The molecular weight excluding hydrogens is 327 g/mol. The Morgan fingerprint density at radius 3 is 3.04 bits per heavy atom. The minimum Gasteiger partial charge on any atom is -0.391 e. The number of likely N-dealkylation sites (tertiary alicyclic amines) is 1. The van der Waals surface area contributed by atoms with Crippen LogP contribution in [0.4, 0.5) is 9.18 Å². The fraction of sp³-hybridized carbons (Fsp3) is 0.471. The first-order chi connectivity index (χ1) is 11.9. The molecule has 0 radical (unpaired) electrons. The van der Waals surface area contributed by atoms with E-state index in [0.717, 1.165) is 6.42 Å². The lowest BCUT2D eigenvalue weighted by molar-refractivity contribution is 0.0429. The molecule has 0 spiro atoms. The number of halogens is 1. The summed E-state index contributed by atoms with van der Waals surface area (Å²) in [4.78, 5) is 18.1. The lowest BCUT2D eigenvalue weighted by Crippen LogP contribution is -2.50. The first kappa shape index (κ1) is 17.3. The molecular formula is C17H21FN4O3. The van der Waals surface area contributed by atoms with E-state index in [4.69, 9.17) is 4.52 Å². The molecule has 1 aromatic heterocycles. The molecule has 25 heavy (non-hydrogen) atoms. The van der Waals surface area contributed by atoms with Crippen LogP contribution in [0.25, 0.3) is 11.4 Å². The van der Waals surface area contributed by atoms with Gasteiger partial charge in [-0.15, -0.1) is 0 Å². The zero-order valence-electron chi connectivity index (χ0n) is 14.1. The number of urea groups is 1. The molecule has 2 heterocycles. The third kappa shape index (κ3) is 3.96. The van der Waals surface area contributed by atoms with Crippen molar-refractivity contribution in [3.63, 3.8) is 0 Å². The summed E-state index contributed by atoms with van der Waals surface area (Å²) in [5.74, 6) is 0.297. The van der Waals surface area contributed by atoms with Gasteiger partial charge in [0, 0.05) is 18.7 Å². The largest absolute Gasteiger partial charge is 0.391 e. The van der Waals surface area contributed by atoms with Gasteiger partial charge in [-0.25, -0.2) is 9.18 Å². The van der Waals surface area contributed by atoms with Crippen molar-refractivity contribution in [1.29, 1.82) is 0 Å². The van der Waals surface area contributed by atoms with Crippen LogP contribution in [0.15, 0.2) is 28.8 Å². The maximum atomic E-state index is 13.3. The highest BCUT2D eigenvalue weighted by atomic mass is 19.1. The average molecular weight is 348 g/mol. The van der Waals surface area contributed by atoms with Gasteiger partial charge in [-0.2, -0.15) is 4.98 Å². The second kappa shape index (κ2) is 7.18. The topological polar surface area (TPSA) is 91.5 Å². The van der Waals surface area contributed by atoms with E-state index in [0.29, 0.717) is 18.7 Å². The van der Waals surface area contributed by atoms with Gasteiger partial charge < -0.3 is 19.8 Å². The van der Waals surface area contributed by atoms with E-state index in [1.807, 2.05) is 6.92 Å². The Labute approximate surface area is 144 Å². The molecule has 134 valence electrons. The van der Waals surface area contributed by atoms with Crippen molar-refractivity contribution < 1.29 is 18.8 Å². The Balaban J connectivity index is 1.64. The number of β-amino-alcohol motifs (C(OH)–C–C–N with tert-alkyl or cyclic N) is 1. The summed E-state index contributed by atoms with van der Waals surface area (Å²) in [5, 5.41) is 16.5. The number of hydrogen-bond donors (Lipinski definition) is 2. The number of aliphatic hydroxyl groups is 1. The molecule has 0 aliphatic carbocycles. The number of amides is 2. The summed E-state index contributed by atoms with van der Waals surface area (Å²) < 4.78 is 18.5. The molecule has 1 aliphatic heterocycles. The number of carbonyl (C=O) groups excluding carboxylic acids is 1. The zero-order chi connectivity index (χ0) is 18.0. The molecule has 8 heteroatoms. The molecule has 2 N–H and O–H groups in total. The van der Waals surface area contributed by atoms with E-state index in [-0.39, 0.29) is 29.5 Å². The van der Waals surface area contributed by atoms with Gasteiger partial charge >= 0.3 is 6.03 Å².